The van der Waals surface area contributed by atoms with Gasteiger partial charge < -0.3 is 0 Å². The summed E-state index contributed by atoms with van der Waals surface area (Å²) in [5.41, 5.74) is 0.578. The molecule has 0 rings (SSSR count). The number of rotatable bonds is 5. The van der Waals surface area contributed by atoms with Gasteiger partial charge in [-0.1, -0.05) is 53.9 Å². The van der Waals surface area contributed by atoms with E-state index in [0.717, 1.165) is 5.92 Å². The Morgan fingerprint density at radius 1 is 1.18 bits per heavy atom. The average Bonchev–Trinajstić information content (AvgIpc) is 1.87. The van der Waals surface area contributed by atoms with Crippen LogP contribution in [-0.2, 0) is 0 Å². The van der Waals surface area contributed by atoms with Gasteiger partial charge in [0.2, 0.25) is 0 Å². The van der Waals surface area contributed by atoms with E-state index in [1.54, 1.807) is 0 Å². The minimum Gasteiger partial charge on any atom is -0.0649 e. The van der Waals surface area contributed by atoms with Crippen molar-refractivity contribution in [2.45, 2.75) is 60.3 Å². The summed E-state index contributed by atoms with van der Waals surface area (Å²) < 4.78 is 0. The maximum atomic E-state index is 2.37. The molecule has 0 aliphatic carbocycles. The van der Waals surface area contributed by atoms with Crippen LogP contribution in [0.5, 0.6) is 0 Å². The van der Waals surface area contributed by atoms with Crippen LogP contribution in [0.4, 0.5) is 0 Å². The molecule has 68 valence electrons. The molecule has 0 aromatic rings. The summed E-state index contributed by atoms with van der Waals surface area (Å²) in [7, 11) is 0. The van der Waals surface area contributed by atoms with Gasteiger partial charge in [0.15, 0.2) is 0 Å². The molecule has 0 heterocycles. The van der Waals surface area contributed by atoms with Crippen molar-refractivity contribution in [1.82, 2.24) is 0 Å². The van der Waals surface area contributed by atoms with Gasteiger partial charge >= 0.3 is 0 Å². The van der Waals surface area contributed by atoms with E-state index in [0.29, 0.717) is 5.41 Å². The lowest BCUT2D eigenvalue weighted by atomic mass is 9.84. The Bertz CT molecular complexity index is 90.2. The lowest BCUT2D eigenvalue weighted by Crippen LogP contribution is -2.09. The topological polar surface area (TPSA) is 0 Å². The molecule has 0 saturated carbocycles. The zero-order chi connectivity index (χ0) is 8.91. The second kappa shape index (κ2) is 4.79. The fraction of sp³-hybridized carbons (Fsp3) is 1.00. The predicted molar refractivity (Wildman–Crippen MR) is 52.8 cm³/mol. The van der Waals surface area contributed by atoms with Crippen LogP contribution in [0.15, 0.2) is 0 Å². The molecule has 0 aliphatic rings. The Balaban J connectivity index is 3.38. The molecule has 0 bridgehead atoms. The van der Waals surface area contributed by atoms with Crippen LogP contribution < -0.4 is 0 Å². The molecule has 0 nitrogen and oxygen atoms in total. The Hall–Kier alpha value is 0. The lowest BCUT2D eigenvalue weighted by Gasteiger charge is -2.22. The minimum atomic E-state index is 0.578. The molecule has 11 heavy (non-hydrogen) atoms. The molecule has 0 unspecified atom stereocenters. The normalized spacial score (nSPS) is 12.5. The SMILES string of the molecule is CCC(C)(C)CCCC(C)C. The third-order valence-electron chi connectivity index (χ3n) is 2.59. The molecule has 0 heteroatoms. The van der Waals surface area contributed by atoms with Crippen molar-refractivity contribution in [2.24, 2.45) is 11.3 Å². The Kier molecular flexibility index (Phi) is 4.79. The molecule has 0 atom stereocenters. The van der Waals surface area contributed by atoms with Crippen molar-refractivity contribution in [3.8, 4) is 0 Å². The van der Waals surface area contributed by atoms with Crippen LogP contribution in [-0.4, -0.2) is 0 Å². The van der Waals surface area contributed by atoms with Crippen LogP contribution in [0.1, 0.15) is 60.3 Å². The molecule has 0 aromatic heterocycles. The van der Waals surface area contributed by atoms with Crippen molar-refractivity contribution in [2.75, 3.05) is 0 Å². The van der Waals surface area contributed by atoms with E-state index in [9.17, 15) is 0 Å². The van der Waals surface area contributed by atoms with Gasteiger partial charge in [-0.2, -0.15) is 0 Å². The standard InChI is InChI=1S/C11H24/c1-6-11(4,5)9-7-8-10(2)3/h10H,6-9H2,1-5H3. The van der Waals surface area contributed by atoms with E-state index in [4.69, 9.17) is 0 Å². The molecule has 0 spiro atoms. The molecule has 0 aromatic carbocycles. The highest BCUT2D eigenvalue weighted by Gasteiger charge is 2.13. The largest absolute Gasteiger partial charge is 0.0649 e. The highest BCUT2D eigenvalue weighted by molar-refractivity contribution is 4.66. The maximum Gasteiger partial charge on any atom is -0.0357 e. The predicted octanol–water partition coefficient (Wildman–Crippen LogP) is 4.25. The first kappa shape index (κ1) is 11.0. The summed E-state index contributed by atoms with van der Waals surface area (Å²) in [6.45, 7) is 11.6. The van der Waals surface area contributed by atoms with Crippen LogP contribution in [0.3, 0.4) is 0 Å². The summed E-state index contributed by atoms with van der Waals surface area (Å²) in [6, 6.07) is 0. The van der Waals surface area contributed by atoms with Crippen molar-refractivity contribution in [3.63, 3.8) is 0 Å². The summed E-state index contributed by atoms with van der Waals surface area (Å²) >= 11 is 0. The van der Waals surface area contributed by atoms with Gasteiger partial charge in [0, 0.05) is 0 Å². The van der Waals surface area contributed by atoms with Gasteiger partial charge in [-0.25, -0.2) is 0 Å². The monoisotopic (exact) mass is 156 g/mol. The molecular formula is C11H24. The fourth-order valence-electron chi connectivity index (χ4n) is 1.17. The Labute approximate surface area is 72.4 Å². The smallest absolute Gasteiger partial charge is 0.0357 e. The second-order valence-corrected chi connectivity index (χ2v) is 4.80. The zero-order valence-corrected chi connectivity index (χ0v) is 8.91. The lowest BCUT2D eigenvalue weighted by molar-refractivity contribution is 0.301. The van der Waals surface area contributed by atoms with Gasteiger partial charge in [0.05, 0.1) is 0 Å². The molecular weight excluding hydrogens is 132 g/mol. The van der Waals surface area contributed by atoms with E-state index in [-0.39, 0.29) is 0 Å². The molecule has 0 aliphatic heterocycles. The van der Waals surface area contributed by atoms with E-state index < -0.39 is 0 Å². The van der Waals surface area contributed by atoms with E-state index in [2.05, 4.69) is 34.6 Å². The molecule has 0 saturated heterocycles. The molecule has 0 fully saturated rings. The van der Waals surface area contributed by atoms with Crippen molar-refractivity contribution < 1.29 is 0 Å². The van der Waals surface area contributed by atoms with Gasteiger partial charge in [0.25, 0.3) is 0 Å². The van der Waals surface area contributed by atoms with Gasteiger partial charge in [-0.3, -0.25) is 0 Å². The summed E-state index contributed by atoms with van der Waals surface area (Å²) in [5.74, 6) is 0.877. The maximum absolute atomic E-state index is 2.37. The van der Waals surface area contributed by atoms with Gasteiger partial charge in [-0.05, 0) is 17.8 Å². The Morgan fingerprint density at radius 2 is 1.73 bits per heavy atom. The second-order valence-electron chi connectivity index (χ2n) is 4.80. The van der Waals surface area contributed by atoms with Crippen molar-refractivity contribution >= 4 is 0 Å². The van der Waals surface area contributed by atoms with Gasteiger partial charge in [0.1, 0.15) is 0 Å². The van der Waals surface area contributed by atoms with Crippen LogP contribution in [0.2, 0.25) is 0 Å². The summed E-state index contributed by atoms with van der Waals surface area (Å²) in [6.07, 6.45) is 5.49. The quantitative estimate of drug-likeness (QED) is 0.558. The minimum absolute atomic E-state index is 0.578. The zero-order valence-electron chi connectivity index (χ0n) is 8.91. The van der Waals surface area contributed by atoms with E-state index in [1.807, 2.05) is 0 Å². The summed E-state index contributed by atoms with van der Waals surface area (Å²) in [4.78, 5) is 0. The fourth-order valence-corrected chi connectivity index (χ4v) is 1.17. The highest BCUT2D eigenvalue weighted by Crippen LogP contribution is 2.27. The van der Waals surface area contributed by atoms with Crippen LogP contribution >= 0.6 is 0 Å². The molecule has 0 radical (unpaired) electrons. The Morgan fingerprint density at radius 3 is 2.09 bits per heavy atom. The van der Waals surface area contributed by atoms with Gasteiger partial charge in [-0.15, -0.1) is 0 Å². The highest BCUT2D eigenvalue weighted by atomic mass is 14.2. The van der Waals surface area contributed by atoms with Crippen molar-refractivity contribution in [3.05, 3.63) is 0 Å². The van der Waals surface area contributed by atoms with Crippen LogP contribution in [0.25, 0.3) is 0 Å². The first-order chi connectivity index (χ1) is 4.98. The van der Waals surface area contributed by atoms with Crippen molar-refractivity contribution in [1.29, 1.82) is 0 Å². The first-order valence-electron chi connectivity index (χ1n) is 4.98. The third kappa shape index (κ3) is 6.40. The average molecular weight is 156 g/mol. The molecule has 0 amide bonds. The van der Waals surface area contributed by atoms with Crippen LogP contribution in [0, 0.1) is 11.3 Å². The van der Waals surface area contributed by atoms with E-state index in [1.165, 1.54) is 25.7 Å². The first-order valence-corrected chi connectivity index (χ1v) is 4.98. The number of hydrogen-bond acceptors (Lipinski definition) is 0. The third-order valence-corrected chi connectivity index (χ3v) is 2.59. The molecule has 0 N–H and O–H groups in total. The summed E-state index contributed by atoms with van der Waals surface area (Å²) in [5, 5.41) is 0. The number of hydrogen-bond donors (Lipinski definition) is 0. The van der Waals surface area contributed by atoms with E-state index >= 15 is 0 Å².